The summed E-state index contributed by atoms with van der Waals surface area (Å²) in [5.74, 6) is 0. The van der Waals surface area contributed by atoms with Crippen LogP contribution in [0.2, 0.25) is 14.5 Å². The molecule has 0 fully saturated rings. The van der Waals surface area contributed by atoms with Crippen molar-refractivity contribution in [3.8, 4) is 0 Å². The number of benzene rings is 1. The van der Waals surface area contributed by atoms with E-state index in [0.29, 0.717) is 10.2 Å². The fourth-order valence-electron chi connectivity index (χ4n) is 1.42. The van der Waals surface area contributed by atoms with Gasteiger partial charge in [0.1, 0.15) is 0 Å². The van der Waals surface area contributed by atoms with Crippen LogP contribution in [0.1, 0.15) is 5.69 Å². The molecule has 0 saturated carbocycles. The Labute approximate surface area is 143 Å². The van der Waals surface area contributed by atoms with E-state index < -0.39 is 10.0 Å². The number of nitrogens with zero attached hydrogens (tertiary/aromatic N) is 1. The van der Waals surface area contributed by atoms with Crippen LogP contribution in [0.5, 0.6) is 0 Å². The van der Waals surface area contributed by atoms with Crippen molar-refractivity contribution in [1.82, 2.24) is 4.98 Å². The largest absolute Gasteiger partial charge is 0.276 e. The molecule has 1 heterocycles. The first-order chi connectivity index (χ1) is 9.20. The van der Waals surface area contributed by atoms with Crippen LogP contribution >= 0.6 is 62.1 Å². The fourth-order valence-corrected chi connectivity index (χ4v) is 5.68. The van der Waals surface area contributed by atoms with Gasteiger partial charge in [0.05, 0.1) is 21.4 Å². The zero-order valence-corrected chi connectivity index (χ0v) is 15.2. The van der Waals surface area contributed by atoms with Gasteiger partial charge in [-0.3, -0.25) is 4.72 Å². The Morgan fingerprint density at radius 1 is 1.25 bits per heavy atom. The van der Waals surface area contributed by atoms with E-state index in [1.807, 2.05) is 0 Å². The summed E-state index contributed by atoms with van der Waals surface area (Å²) in [6.45, 7) is 1.56. The van der Waals surface area contributed by atoms with Crippen molar-refractivity contribution >= 4 is 77.8 Å². The van der Waals surface area contributed by atoms with Crippen LogP contribution < -0.4 is 4.72 Å². The normalized spacial score (nSPS) is 11.7. The van der Waals surface area contributed by atoms with Crippen LogP contribution in [0.15, 0.2) is 20.8 Å². The summed E-state index contributed by atoms with van der Waals surface area (Å²) in [6, 6.07) is 3.08. The molecule has 0 aliphatic rings. The number of hydrogen-bond donors (Lipinski definition) is 1. The van der Waals surface area contributed by atoms with Crippen LogP contribution in [0.25, 0.3) is 0 Å². The van der Waals surface area contributed by atoms with Gasteiger partial charge >= 0.3 is 0 Å². The summed E-state index contributed by atoms with van der Waals surface area (Å²) in [6.07, 6.45) is 0. The first-order valence-corrected chi connectivity index (χ1v) is 9.23. The van der Waals surface area contributed by atoms with Crippen LogP contribution in [0.3, 0.4) is 0 Å². The molecule has 0 aliphatic heterocycles. The lowest BCUT2D eigenvalue weighted by molar-refractivity contribution is 0.602. The van der Waals surface area contributed by atoms with Crippen LogP contribution in [-0.4, -0.2) is 13.4 Å². The molecule has 1 N–H and O–H groups in total. The van der Waals surface area contributed by atoms with Crippen molar-refractivity contribution in [3.63, 3.8) is 0 Å². The minimum atomic E-state index is -3.84. The van der Waals surface area contributed by atoms with E-state index in [2.05, 4.69) is 25.6 Å². The zero-order valence-electron chi connectivity index (χ0n) is 9.75. The van der Waals surface area contributed by atoms with Gasteiger partial charge in [-0.25, -0.2) is 13.4 Å². The van der Waals surface area contributed by atoms with Gasteiger partial charge in [-0.1, -0.05) is 62.1 Å². The molecule has 2 aromatic rings. The number of anilines is 1. The van der Waals surface area contributed by atoms with E-state index >= 15 is 0 Å². The summed E-state index contributed by atoms with van der Waals surface area (Å²) >= 11 is 21.8. The lowest BCUT2D eigenvalue weighted by Gasteiger charge is -2.10. The molecule has 0 atom stereocenters. The SMILES string of the molecule is Cc1nc(Cl)sc1S(=O)(=O)Nc1c(Cl)cc(Br)cc1Cl. The highest BCUT2D eigenvalue weighted by molar-refractivity contribution is 9.10. The molecule has 0 radical (unpaired) electrons. The first-order valence-electron chi connectivity index (χ1n) is 5.01. The Bertz CT molecular complexity index is 754. The second-order valence-corrected chi connectivity index (χ2v) is 8.88. The molecule has 108 valence electrons. The highest BCUT2D eigenvalue weighted by Crippen LogP contribution is 2.36. The predicted molar refractivity (Wildman–Crippen MR) is 86.8 cm³/mol. The second-order valence-electron chi connectivity index (χ2n) is 3.69. The van der Waals surface area contributed by atoms with Gasteiger partial charge in [0.15, 0.2) is 8.68 Å². The molecule has 1 aromatic carbocycles. The van der Waals surface area contributed by atoms with E-state index in [4.69, 9.17) is 34.8 Å². The van der Waals surface area contributed by atoms with Crippen molar-refractivity contribution in [3.05, 3.63) is 36.8 Å². The molecule has 20 heavy (non-hydrogen) atoms. The van der Waals surface area contributed by atoms with Crippen LogP contribution in [0, 0.1) is 6.92 Å². The molecule has 0 unspecified atom stereocenters. The summed E-state index contributed by atoms with van der Waals surface area (Å²) in [5.41, 5.74) is 0.428. The van der Waals surface area contributed by atoms with Crippen molar-refractivity contribution in [1.29, 1.82) is 0 Å². The van der Waals surface area contributed by atoms with Gasteiger partial charge in [0.25, 0.3) is 10.0 Å². The van der Waals surface area contributed by atoms with Gasteiger partial charge in [0.2, 0.25) is 0 Å². The van der Waals surface area contributed by atoms with E-state index in [-0.39, 0.29) is 24.4 Å². The average Bonchev–Trinajstić information content (AvgIpc) is 2.64. The number of nitrogens with one attached hydrogen (secondary N) is 1. The lowest BCUT2D eigenvalue weighted by atomic mass is 10.3. The molecule has 4 nitrogen and oxygen atoms in total. The van der Waals surface area contributed by atoms with Gasteiger partial charge in [-0.2, -0.15) is 0 Å². The van der Waals surface area contributed by atoms with Gasteiger partial charge in [-0.05, 0) is 19.1 Å². The third-order valence-electron chi connectivity index (χ3n) is 2.22. The van der Waals surface area contributed by atoms with Crippen molar-refractivity contribution in [2.75, 3.05) is 4.72 Å². The molecule has 0 amide bonds. The third-order valence-corrected chi connectivity index (χ3v) is 6.49. The molecule has 2 rings (SSSR count). The van der Waals surface area contributed by atoms with E-state index in [9.17, 15) is 8.42 Å². The number of halogens is 4. The number of hydrogen-bond acceptors (Lipinski definition) is 4. The first kappa shape index (κ1) is 16.3. The van der Waals surface area contributed by atoms with Crippen molar-refractivity contribution < 1.29 is 8.42 Å². The average molecular weight is 437 g/mol. The summed E-state index contributed by atoms with van der Waals surface area (Å²) < 4.78 is 27.8. The Kier molecular flexibility index (Phi) is 4.88. The second kappa shape index (κ2) is 5.98. The Hall–Kier alpha value is -0.0500. The molecule has 0 saturated heterocycles. The zero-order chi connectivity index (χ0) is 15.1. The quantitative estimate of drug-likeness (QED) is 0.739. The standard InChI is InChI=1S/C10H6BrCl3N2O2S2/c1-4-9(19-10(14)15-4)20(17,18)16-8-6(12)2-5(11)3-7(8)13/h2-3,16H,1H3. The topological polar surface area (TPSA) is 59.1 Å². The Morgan fingerprint density at radius 2 is 1.80 bits per heavy atom. The number of aromatic nitrogens is 1. The van der Waals surface area contributed by atoms with E-state index in [1.165, 1.54) is 12.1 Å². The highest BCUT2D eigenvalue weighted by Gasteiger charge is 2.23. The molecular weight excluding hydrogens is 431 g/mol. The van der Waals surface area contributed by atoms with Crippen LogP contribution in [0.4, 0.5) is 5.69 Å². The highest BCUT2D eigenvalue weighted by atomic mass is 79.9. The summed E-state index contributed by atoms with van der Waals surface area (Å²) in [7, 11) is -3.84. The summed E-state index contributed by atoms with van der Waals surface area (Å²) in [4.78, 5) is 3.87. The Morgan fingerprint density at radius 3 is 2.25 bits per heavy atom. The van der Waals surface area contributed by atoms with Gasteiger partial charge < -0.3 is 0 Å². The molecule has 0 spiro atoms. The molecule has 0 bridgehead atoms. The predicted octanol–water partition coefficient (Wildman–Crippen LogP) is 4.98. The minimum absolute atomic E-state index is 0.0255. The fraction of sp³-hybridized carbons (Fsp3) is 0.100. The van der Waals surface area contributed by atoms with Gasteiger partial charge in [-0.15, -0.1) is 0 Å². The lowest BCUT2D eigenvalue weighted by Crippen LogP contribution is -2.13. The van der Waals surface area contributed by atoms with Crippen LogP contribution in [-0.2, 0) is 10.0 Å². The number of rotatable bonds is 3. The van der Waals surface area contributed by atoms with Crippen molar-refractivity contribution in [2.24, 2.45) is 0 Å². The number of sulfonamides is 1. The number of aryl methyl sites for hydroxylation is 1. The molecule has 0 aliphatic carbocycles. The van der Waals surface area contributed by atoms with E-state index in [1.54, 1.807) is 6.92 Å². The third kappa shape index (κ3) is 3.40. The molecule has 10 heteroatoms. The maximum atomic E-state index is 12.3. The van der Waals surface area contributed by atoms with Crippen molar-refractivity contribution in [2.45, 2.75) is 11.1 Å². The smallest absolute Gasteiger partial charge is 0.273 e. The molecule has 1 aromatic heterocycles. The van der Waals surface area contributed by atoms with Gasteiger partial charge in [0, 0.05) is 4.47 Å². The summed E-state index contributed by atoms with van der Waals surface area (Å²) in [5, 5.41) is 0.363. The van der Waals surface area contributed by atoms with E-state index in [0.717, 1.165) is 11.3 Å². The Balaban J connectivity index is 2.46. The maximum Gasteiger partial charge on any atom is 0.273 e. The minimum Gasteiger partial charge on any atom is -0.276 e. The maximum absolute atomic E-state index is 12.3. The molecular formula is C10H6BrCl3N2O2S2. The number of thiazole rings is 1. The monoisotopic (exact) mass is 434 g/mol.